The van der Waals surface area contributed by atoms with Crippen molar-refractivity contribution in [2.45, 2.75) is 25.3 Å². The van der Waals surface area contributed by atoms with Gasteiger partial charge in [-0.15, -0.1) is 0 Å². The summed E-state index contributed by atoms with van der Waals surface area (Å²) >= 11 is 0. The van der Waals surface area contributed by atoms with Gasteiger partial charge in [0, 0.05) is 7.05 Å². The molecule has 1 fully saturated rings. The topological polar surface area (TPSA) is 95.9 Å². The van der Waals surface area contributed by atoms with Gasteiger partial charge in [-0.3, -0.25) is 4.79 Å². The third kappa shape index (κ3) is 3.33. The maximum absolute atomic E-state index is 11.6. The standard InChI is InChI=1S/C10H16N2O5/c1-3-17-7(13)6-12(2)9(16)11-10(4-5-10)8(14)15/h3-6H2,1-2H3,(H,11,16)(H,14,15). The second kappa shape index (κ2) is 5.03. The van der Waals surface area contributed by atoms with Crippen molar-refractivity contribution in [2.75, 3.05) is 20.2 Å². The Balaban J connectivity index is 2.42. The van der Waals surface area contributed by atoms with Crippen molar-refractivity contribution < 1.29 is 24.2 Å². The number of amides is 2. The van der Waals surface area contributed by atoms with Crippen LogP contribution in [-0.2, 0) is 14.3 Å². The van der Waals surface area contributed by atoms with Crippen LogP contribution >= 0.6 is 0 Å². The minimum absolute atomic E-state index is 0.199. The Hall–Kier alpha value is -1.79. The number of esters is 1. The highest BCUT2D eigenvalue weighted by Crippen LogP contribution is 2.35. The SMILES string of the molecule is CCOC(=O)CN(C)C(=O)NC1(C(=O)O)CC1. The van der Waals surface area contributed by atoms with Gasteiger partial charge in [0.15, 0.2) is 0 Å². The molecule has 0 spiro atoms. The normalized spacial score (nSPS) is 15.9. The van der Waals surface area contributed by atoms with Crippen molar-refractivity contribution in [3.05, 3.63) is 0 Å². The monoisotopic (exact) mass is 244 g/mol. The second-order valence-electron chi connectivity index (χ2n) is 3.98. The molecule has 0 aromatic rings. The Morgan fingerprint density at radius 2 is 2.00 bits per heavy atom. The molecule has 0 aromatic carbocycles. The maximum Gasteiger partial charge on any atom is 0.329 e. The molecule has 7 heteroatoms. The zero-order valence-corrected chi connectivity index (χ0v) is 9.86. The number of carbonyl (C=O) groups excluding carboxylic acids is 2. The van der Waals surface area contributed by atoms with Crippen molar-refractivity contribution in [3.8, 4) is 0 Å². The van der Waals surface area contributed by atoms with E-state index in [1.165, 1.54) is 7.05 Å². The molecule has 17 heavy (non-hydrogen) atoms. The lowest BCUT2D eigenvalue weighted by molar-refractivity contribution is -0.143. The largest absolute Gasteiger partial charge is 0.480 e. The van der Waals surface area contributed by atoms with Crippen molar-refractivity contribution in [3.63, 3.8) is 0 Å². The summed E-state index contributed by atoms with van der Waals surface area (Å²) in [7, 11) is 1.41. The molecule has 1 aliphatic carbocycles. The molecular formula is C10H16N2O5. The molecule has 1 rings (SSSR count). The zero-order valence-electron chi connectivity index (χ0n) is 9.86. The van der Waals surface area contributed by atoms with Crippen LogP contribution in [0.2, 0.25) is 0 Å². The Morgan fingerprint density at radius 3 is 2.41 bits per heavy atom. The van der Waals surface area contributed by atoms with E-state index in [2.05, 4.69) is 10.1 Å². The van der Waals surface area contributed by atoms with Gasteiger partial charge in [-0.05, 0) is 19.8 Å². The minimum Gasteiger partial charge on any atom is -0.480 e. The van der Waals surface area contributed by atoms with E-state index in [4.69, 9.17) is 5.11 Å². The summed E-state index contributed by atoms with van der Waals surface area (Å²) in [4.78, 5) is 34.6. The molecule has 0 heterocycles. The fourth-order valence-electron chi connectivity index (χ4n) is 1.29. The number of likely N-dealkylation sites (N-methyl/N-ethyl adjacent to an activating group) is 1. The Morgan fingerprint density at radius 1 is 1.41 bits per heavy atom. The highest BCUT2D eigenvalue weighted by atomic mass is 16.5. The van der Waals surface area contributed by atoms with Gasteiger partial charge in [0.05, 0.1) is 6.61 Å². The minimum atomic E-state index is -1.14. The summed E-state index contributed by atoms with van der Waals surface area (Å²) in [5, 5.41) is 11.3. The highest BCUT2D eigenvalue weighted by Gasteiger charge is 2.52. The third-order valence-corrected chi connectivity index (χ3v) is 2.52. The maximum atomic E-state index is 11.6. The van der Waals surface area contributed by atoms with E-state index >= 15 is 0 Å². The molecule has 2 amide bonds. The molecule has 96 valence electrons. The van der Waals surface area contributed by atoms with Crippen LogP contribution in [0.4, 0.5) is 4.79 Å². The first-order valence-corrected chi connectivity index (χ1v) is 5.33. The fraction of sp³-hybridized carbons (Fsp3) is 0.700. The van der Waals surface area contributed by atoms with Gasteiger partial charge in [0.2, 0.25) is 0 Å². The van der Waals surface area contributed by atoms with E-state index in [0.29, 0.717) is 12.8 Å². The molecule has 2 N–H and O–H groups in total. The van der Waals surface area contributed by atoms with E-state index in [9.17, 15) is 14.4 Å². The van der Waals surface area contributed by atoms with Crippen molar-refractivity contribution >= 4 is 18.0 Å². The van der Waals surface area contributed by atoms with Crippen LogP contribution in [0.15, 0.2) is 0 Å². The predicted octanol–water partition coefficient (Wildman–Crippen LogP) is -0.192. The van der Waals surface area contributed by atoms with Crippen molar-refractivity contribution in [2.24, 2.45) is 0 Å². The average Bonchev–Trinajstić information content (AvgIpc) is 2.99. The first-order chi connectivity index (χ1) is 7.91. The van der Waals surface area contributed by atoms with Crippen LogP contribution in [0.25, 0.3) is 0 Å². The molecule has 0 saturated heterocycles. The summed E-state index contributed by atoms with van der Waals surface area (Å²) in [6.45, 7) is 1.71. The molecule has 0 radical (unpaired) electrons. The molecule has 0 aromatic heterocycles. The molecule has 0 aliphatic heterocycles. The average molecular weight is 244 g/mol. The van der Waals surface area contributed by atoms with Crippen LogP contribution in [0, 0.1) is 0 Å². The summed E-state index contributed by atoms with van der Waals surface area (Å²) in [5.41, 5.74) is -1.14. The zero-order chi connectivity index (χ0) is 13.1. The van der Waals surface area contributed by atoms with E-state index in [-0.39, 0.29) is 13.2 Å². The summed E-state index contributed by atoms with van der Waals surface area (Å²) < 4.78 is 4.68. The quantitative estimate of drug-likeness (QED) is 0.653. The van der Waals surface area contributed by atoms with Gasteiger partial charge in [0.25, 0.3) is 0 Å². The van der Waals surface area contributed by atoms with Crippen molar-refractivity contribution in [1.29, 1.82) is 0 Å². The van der Waals surface area contributed by atoms with Gasteiger partial charge in [0.1, 0.15) is 12.1 Å². The molecule has 0 unspecified atom stereocenters. The lowest BCUT2D eigenvalue weighted by atomic mass is 10.3. The number of ether oxygens (including phenoxy) is 1. The number of rotatable bonds is 5. The first kappa shape index (κ1) is 13.3. The van der Waals surface area contributed by atoms with E-state index in [1.54, 1.807) is 6.92 Å². The summed E-state index contributed by atoms with van der Waals surface area (Å²) in [6.07, 6.45) is 0.836. The highest BCUT2D eigenvalue weighted by molar-refractivity contribution is 5.89. The molecule has 0 atom stereocenters. The Kier molecular flexibility index (Phi) is 3.93. The van der Waals surface area contributed by atoms with Gasteiger partial charge < -0.3 is 20.1 Å². The lowest BCUT2D eigenvalue weighted by Crippen LogP contribution is -2.49. The number of carboxylic acid groups (broad SMARTS) is 1. The second-order valence-corrected chi connectivity index (χ2v) is 3.98. The molecule has 0 bridgehead atoms. The van der Waals surface area contributed by atoms with E-state index < -0.39 is 23.5 Å². The number of carboxylic acids is 1. The van der Waals surface area contributed by atoms with Gasteiger partial charge in [-0.2, -0.15) is 0 Å². The first-order valence-electron chi connectivity index (χ1n) is 5.33. The molecular weight excluding hydrogens is 228 g/mol. The Labute approximate surface area is 98.7 Å². The van der Waals surface area contributed by atoms with Gasteiger partial charge >= 0.3 is 18.0 Å². The summed E-state index contributed by atoms with van der Waals surface area (Å²) in [5.74, 6) is -1.57. The number of urea groups is 1. The van der Waals surface area contributed by atoms with E-state index in [0.717, 1.165) is 4.90 Å². The van der Waals surface area contributed by atoms with Crippen LogP contribution in [0.5, 0.6) is 0 Å². The van der Waals surface area contributed by atoms with Crippen LogP contribution in [-0.4, -0.2) is 53.7 Å². The number of nitrogens with one attached hydrogen (secondary N) is 1. The third-order valence-electron chi connectivity index (χ3n) is 2.52. The molecule has 7 nitrogen and oxygen atoms in total. The van der Waals surface area contributed by atoms with E-state index in [1.807, 2.05) is 0 Å². The number of hydrogen-bond acceptors (Lipinski definition) is 4. The number of nitrogens with zero attached hydrogens (tertiary/aromatic N) is 1. The Bertz CT molecular complexity index is 338. The van der Waals surface area contributed by atoms with Crippen LogP contribution in [0.3, 0.4) is 0 Å². The molecule has 1 aliphatic rings. The lowest BCUT2D eigenvalue weighted by Gasteiger charge is -2.20. The number of carbonyl (C=O) groups is 3. The van der Waals surface area contributed by atoms with Crippen LogP contribution in [0.1, 0.15) is 19.8 Å². The van der Waals surface area contributed by atoms with Gasteiger partial charge in [-0.1, -0.05) is 0 Å². The summed E-state index contributed by atoms with van der Waals surface area (Å²) in [6, 6.07) is -0.585. The van der Waals surface area contributed by atoms with Crippen LogP contribution < -0.4 is 5.32 Å². The predicted molar refractivity (Wildman–Crippen MR) is 57.4 cm³/mol. The molecule has 1 saturated carbocycles. The number of hydrogen-bond donors (Lipinski definition) is 2. The fourth-order valence-corrected chi connectivity index (χ4v) is 1.29. The van der Waals surface area contributed by atoms with Gasteiger partial charge in [-0.25, -0.2) is 9.59 Å². The van der Waals surface area contributed by atoms with Crippen molar-refractivity contribution in [1.82, 2.24) is 10.2 Å². The number of aliphatic carboxylic acids is 1. The smallest absolute Gasteiger partial charge is 0.329 e.